The van der Waals surface area contributed by atoms with Crippen LogP contribution in [0.1, 0.15) is 69.4 Å². The van der Waals surface area contributed by atoms with Gasteiger partial charge in [0.2, 0.25) is 0 Å². The summed E-state index contributed by atoms with van der Waals surface area (Å²) < 4.78 is 0. The molecule has 0 aromatic heterocycles. The van der Waals surface area contributed by atoms with Crippen LogP contribution in [0, 0.1) is 5.41 Å². The summed E-state index contributed by atoms with van der Waals surface area (Å²) in [4.78, 5) is 12.4. The summed E-state index contributed by atoms with van der Waals surface area (Å²) in [6.45, 7) is 5.04. The smallest absolute Gasteiger partial charge is 0.137 e. The van der Waals surface area contributed by atoms with E-state index < -0.39 is 0 Å². The summed E-state index contributed by atoms with van der Waals surface area (Å²) in [6.07, 6.45) is 7.23. The van der Waals surface area contributed by atoms with E-state index in [1.807, 2.05) is 0 Å². The van der Waals surface area contributed by atoms with Crippen molar-refractivity contribution in [3.05, 3.63) is 35.4 Å². The Bertz CT molecular complexity index is 455. The van der Waals surface area contributed by atoms with Gasteiger partial charge in [-0.15, -0.1) is 0 Å². The van der Waals surface area contributed by atoms with Crippen LogP contribution < -0.4 is 5.73 Å². The maximum atomic E-state index is 12.4. The average molecular weight is 287 g/mol. The van der Waals surface area contributed by atoms with Gasteiger partial charge in [-0.3, -0.25) is 4.79 Å². The molecule has 1 fully saturated rings. The first-order valence-electron chi connectivity index (χ1n) is 8.35. The van der Waals surface area contributed by atoms with Gasteiger partial charge in [-0.2, -0.15) is 0 Å². The molecule has 0 unspecified atom stereocenters. The molecule has 1 aromatic carbocycles. The minimum absolute atomic E-state index is 0.0905. The first-order chi connectivity index (χ1) is 10.0. The maximum Gasteiger partial charge on any atom is 0.137 e. The number of ketones is 1. The average Bonchev–Trinajstić information content (AvgIpc) is 2.48. The number of carbonyl (C=O) groups excluding carboxylic acids is 1. The van der Waals surface area contributed by atoms with Gasteiger partial charge in [-0.1, -0.05) is 57.4 Å². The molecule has 0 heterocycles. The van der Waals surface area contributed by atoms with Crippen molar-refractivity contribution in [2.45, 2.75) is 64.7 Å². The van der Waals surface area contributed by atoms with E-state index >= 15 is 0 Å². The van der Waals surface area contributed by atoms with Crippen molar-refractivity contribution in [2.75, 3.05) is 6.54 Å². The van der Waals surface area contributed by atoms with Crippen molar-refractivity contribution in [1.82, 2.24) is 0 Å². The van der Waals surface area contributed by atoms with Crippen LogP contribution in [0.2, 0.25) is 0 Å². The fourth-order valence-electron chi connectivity index (χ4n) is 3.48. The zero-order chi connectivity index (χ0) is 15.3. The number of hydrogen-bond acceptors (Lipinski definition) is 2. The lowest BCUT2D eigenvalue weighted by molar-refractivity contribution is -0.121. The molecule has 0 spiro atoms. The molecule has 0 radical (unpaired) electrons. The van der Waals surface area contributed by atoms with Crippen LogP contribution in [0.4, 0.5) is 0 Å². The van der Waals surface area contributed by atoms with Crippen molar-refractivity contribution in [1.29, 1.82) is 0 Å². The lowest BCUT2D eigenvalue weighted by atomic mass is 9.70. The van der Waals surface area contributed by atoms with E-state index in [1.165, 1.54) is 24.8 Å². The molecule has 1 aliphatic carbocycles. The highest BCUT2D eigenvalue weighted by atomic mass is 16.1. The van der Waals surface area contributed by atoms with Crippen LogP contribution in [0.5, 0.6) is 0 Å². The Hall–Kier alpha value is -1.15. The quantitative estimate of drug-likeness (QED) is 0.851. The van der Waals surface area contributed by atoms with Crippen molar-refractivity contribution in [2.24, 2.45) is 11.1 Å². The van der Waals surface area contributed by atoms with Crippen molar-refractivity contribution in [3.8, 4) is 0 Å². The van der Waals surface area contributed by atoms with Crippen LogP contribution in [0.15, 0.2) is 24.3 Å². The van der Waals surface area contributed by atoms with E-state index in [0.29, 0.717) is 31.1 Å². The Labute approximate surface area is 129 Å². The third-order valence-corrected chi connectivity index (χ3v) is 4.97. The largest absolute Gasteiger partial charge is 0.330 e. The fraction of sp³-hybridized carbons (Fsp3) is 0.632. The molecular weight excluding hydrogens is 258 g/mol. The van der Waals surface area contributed by atoms with E-state index in [0.717, 1.165) is 18.4 Å². The number of nitrogens with two attached hydrogens (primary N) is 1. The van der Waals surface area contributed by atoms with Crippen LogP contribution in [0.25, 0.3) is 0 Å². The topological polar surface area (TPSA) is 43.1 Å². The van der Waals surface area contributed by atoms with Gasteiger partial charge in [0.05, 0.1) is 0 Å². The van der Waals surface area contributed by atoms with E-state index in [1.54, 1.807) is 0 Å². The molecule has 2 nitrogen and oxygen atoms in total. The summed E-state index contributed by atoms with van der Waals surface area (Å²) in [7, 11) is 0. The second kappa shape index (κ2) is 7.22. The molecule has 21 heavy (non-hydrogen) atoms. The predicted octanol–water partition coefficient (Wildman–Crippen LogP) is 4.22. The molecule has 0 amide bonds. The number of carbonyl (C=O) groups is 1. The highest BCUT2D eigenvalue weighted by Gasteiger charge is 2.32. The zero-order valence-electron chi connectivity index (χ0n) is 13.5. The zero-order valence-corrected chi connectivity index (χ0v) is 13.5. The molecule has 1 aromatic rings. The van der Waals surface area contributed by atoms with Crippen molar-refractivity contribution < 1.29 is 4.79 Å². The van der Waals surface area contributed by atoms with E-state index in [2.05, 4.69) is 38.1 Å². The Kier molecular flexibility index (Phi) is 5.58. The van der Waals surface area contributed by atoms with Gasteiger partial charge in [0.25, 0.3) is 0 Å². The molecule has 1 saturated carbocycles. The molecule has 0 atom stereocenters. The SMILES string of the molecule is CC(C)c1ccc(CC(=O)CC2(CN)CCCCC2)cc1. The first-order valence-corrected chi connectivity index (χ1v) is 8.35. The lowest BCUT2D eigenvalue weighted by Gasteiger charge is -2.35. The van der Waals surface area contributed by atoms with Gasteiger partial charge in [0, 0.05) is 12.8 Å². The maximum absolute atomic E-state index is 12.4. The lowest BCUT2D eigenvalue weighted by Crippen LogP contribution is -2.35. The number of rotatable bonds is 6. The number of hydrogen-bond donors (Lipinski definition) is 1. The van der Waals surface area contributed by atoms with Crippen LogP contribution in [-0.2, 0) is 11.2 Å². The third-order valence-electron chi connectivity index (χ3n) is 4.97. The Morgan fingerprint density at radius 1 is 1.14 bits per heavy atom. The minimum Gasteiger partial charge on any atom is -0.330 e. The van der Waals surface area contributed by atoms with Crippen LogP contribution in [0.3, 0.4) is 0 Å². The van der Waals surface area contributed by atoms with Gasteiger partial charge in [0.1, 0.15) is 5.78 Å². The second-order valence-corrected chi connectivity index (χ2v) is 7.05. The van der Waals surface area contributed by atoms with E-state index in [9.17, 15) is 4.79 Å². The molecular formula is C19H29NO. The molecule has 2 rings (SSSR count). The third kappa shape index (κ3) is 4.41. The van der Waals surface area contributed by atoms with Crippen molar-refractivity contribution >= 4 is 5.78 Å². The van der Waals surface area contributed by atoms with Crippen molar-refractivity contribution in [3.63, 3.8) is 0 Å². The highest BCUT2D eigenvalue weighted by Crippen LogP contribution is 2.38. The molecule has 0 bridgehead atoms. The summed E-state index contributed by atoms with van der Waals surface area (Å²) in [5, 5.41) is 0. The number of benzene rings is 1. The molecule has 0 aliphatic heterocycles. The van der Waals surface area contributed by atoms with Gasteiger partial charge >= 0.3 is 0 Å². The second-order valence-electron chi connectivity index (χ2n) is 7.05. The monoisotopic (exact) mass is 287 g/mol. The number of Topliss-reactive ketones (excluding diaryl/α,β-unsaturated/α-hetero) is 1. The van der Waals surface area contributed by atoms with Gasteiger partial charge in [-0.05, 0) is 41.8 Å². The predicted molar refractivity (Wildman–Crippen MR) is 88.4 cm³/mol. The first kappa shape index (κ1) is 16.2. The Balaban J connectivity index is 1.94. The summed E-state index contributed by atoms with van der Waals surface area (Å²) in [6, 6.07) is 8.49. The van der Waals surface area contributed by atoms with Crippen LogP contribution >= 0.6 is 0 Å². The normalized spacial score (nSPS) is 17.9. The fourth-order valence-corrected chi connectivity index (χ4v) is 3.48. The molecule has 2 heteroatoms. The van der Waals surface area contributed by atoms with Crippen LogP contribution in [-0.4, -0.2) is 12.3 Å². The Morgan fingerprint density at radius 2 is 1.76 bits per heavy atom. The molecule has 116 valence electrons. The van der Waals surface area contributed by atoms with Gasteiger partial charge < -0.3 is 5.73 Å². The highest BCUT2D eigenvalue weighted by molar-refractivity contribution is 5.81. The summed E-state index contributed by atoms with van der Waals surface area (Å²) in [5.41, 5.74) is 8.53. The minimum atomic E-state index is 0.0905. The van der Waals surface area contributed by atoms with Gasteiger partial charge in [0.15, 0.2) is 0 Å². The molecule has 1 aliphatic rings. The Morgan fingerprint density at radius 3 is 2.29 bits per heavy atom. The summed E-state index contributed by atoms with van der Waals surface area (Å²) in [5.74, 6) is 0.886. The standard InChI is InChI=1S/C19H29NO/c1-15(2)17-8-6-16(7-9-17)12-18(21)13-19(14-20)10-4-3-5-11-19/h6-9,15H,3-5,10-14,20H2,1-2H3. The summed E-state index contributed by atoms with van der Waals surface area (Å²) >= 11 is 0. The molecule has 0 saturated heterocycles. The van der Waals surface area contributed by atoms with E-state index in [-0.39, 0.29) is 5.41 Å². The van der Waals surface area contributed by atoms with E-state index in [4.69, 9.17) is 5.73 Å². The molecule has 2 N–H and O–H groups in total. The van der Waals surface area contributed by atoms with Gasteiger partial charge in [-0.25, -0.2) is 0 Å².